The van der Waals surface area contributed by atoms with Gasteiger partial charge >= 0.3 is 0 Å². The Morgan fingerprint density at radius 1 is 0.895 bits per heavy atom. The summed E-state index contributed by atoms with van der Waals surface area (Å²) in [4.78, 5) is 17.0. The fourth-order valence-electron chi connectivity index (χ4n) is 4.14. The van der Waals surface area contributed by atoms with Crippen LogP contribution in [0.5, 0.6) is 0 Å². The Balaban J connectivity index is 1.42. The number of likely N-dealkylation sites (tertiary alicyclic amines) is 2. The molecule has 0 N–H and O–H groups in total. The van der Waals surface area contributed by atoms with Crippen LogP contribution < -0.4 is 0 Å². The van der Waals surface area contributed by atoms with Gasteiger partial charge in [-0.3, -0.25) is 4.79 Å². The van der Waals surface area contributed by atoms with Gasteiger partial charge in [0.25, 0.3) is 0 Å². The first-order chi connectivity index (χ1) is 9.33. The van der Waals surface area contributed by atoms with E-state index in [1.165, 1.54) is 58.3 Å². The number of carbonyl (C=O) groups is 1. The molecule has 2 aliphatic heterocycles. The molecule has 1 saturated carbocycles. The van der Waals surface area contributed by atoms with Crippen LogP contribution in [-0.2, 0) is 4.79 Å². The van der Waals surface area contributed by atoms with Crippen LogP contribution in [0.2, 0.25) is 0 Å². The number of Topliss-reactive ketones (excluding diaryl/α,β-unsaturated/α-hetero) is 1. The number of hydrogen-bond acceptors (Lipinski definition) is 3. The molecule has 0 aromatic carbocycles. The molecule has 108 valence electrons. The van der Waals surface area contributed by atoms with Crippen molar-refractivity contribution < 1.29 is 4.79 Å². The van der Waals surface area contributed by atoms with Gasteiger partial charge < -0.3 is 9.80 Å². The molecule has 1 atom stereocenters. The van der Waals surface area contributed by atoms with E-state index in [-0.39, 0.29) is 0 Å². The number of rotatable bonds is 3. The van der Waals surface area contributed by atoms with Crippen LogP contribution in [-0.4, -0.2) is 54.3 Å². The Labute approximate surface area is 117 Å². The minimum absolute atomic E-state index is 0.367. The maximum atomic E-state index is 11.7. The molecule has 0 spiro atoms. The van der Waals surface area contributed by atoms with Gasteiger partial charge in [-0.05, 0) is 64.7 Å². The summed E-state index contributed by atoms with van der Waals surface area (Å²) < 4.78 is 0. The highest BCUT2D eigenvalue weighted by Crippen LogP contribution is 2.25. The predicted octanol–water partition coefficient (Wildman–Crippen LogP) is 2.31. The minimum Gasteiger partial charge on any atom is -0.303 e. The fraction of sp³-hybridized carbons (Fsp3) is 0.938. The average Bonchev–Trinajstić information content (AvgIpc) is 2.86. The SMILES string of the molecule is O=C1CCCC1CN1CCC(N2CCCCC2)CC1. The van der Waals surface area contributed by atoms with Gasteiger partial charge in [-0.1, -0.05) is 6.42 Å². The standard InChI is InChI=1S/C16H28N2O/c19-16-6-4-5-14(16)13-17-11-7-15(8-12-17)18-9-2-1-3-10-18/h14-15H,1-13H2. The van der Waals surface area contributed by atoms with Gasteiger partial charge in [-0.25, -0.2) is 0 Å². The zero-order valence-electron chi connectivity index (χ0n) is 12.1. The molecule has 0 aromatic rings. The molecule has 3 heteroatoms. The molecule has 2 saturated heterocycles. The molecule has 1 unspecified atom stereocenters. The number of hydrogen-bond donors (Lipinski definition) is 0. The van der Waals surface area contributed by atoms with Gasteiger partial charge in [0.1, 0.15) is 5.78 Å². The first kappa shape index (κ1) is 13.6. The lowest BCUT2D eigenvalue weighted by Crippen LogP contribution is -2.47. The van der Waals surface area contributed by atoms with E-state index in [1.807, 2.05) is 0 Å². The second-order valence-corrected chi connectivity index (χ2v) is 6.68. The lowest BCUT2D eigenvalue weighted by atomic mass is 9.98. The Hall–Kier alpha value is -0.410. The van der Waals surface area contributed by atoms with Gasteiger partial charge in [0.05, 0.1) is 0 Å². The highest BCUT2D eigenvalue weighted by atomic mass is 16.1. The van der Waals surface area contributed by atoms with Gasteiger partial charge in [-0.2, -0.15) is 0 Å². The van der Waals surface area contributed by atoms with Gasteiger partial charge in [0, 0.05) is 24.9 Å². The van der Waals surface area contributed by atoms with E-state index in [2.05, 4.69) is 9.80 Å². The maximum Gasteiger partial charge on any atom is 0.137 e. The molecular formula is C16H28N2O. The first-order valence-electron chi connectivity index (χ1n) is 8.32. The van der Waals surface area contributed by atoms with Crippen molar-refractivity contribution in [2.75, 3.05) is 32.7 Å². The van der Waals surface area contributed by atoms with E-state index in [0.29, 0.717) is 11.7 Å². The van der Waals surface area contributed by atoms with E-state index in [9.17, 15) is 4.79 Å². The van der Waals surface area contributed by atoms with Crippen molar-refractivity contribution in [1.29, 1.82) is 0 Å². The topological polar surface area (TPSA) is 23.6 Å². The van der Waals surface area contributed by atoms with Gasteiger partial charge in [-0.15, -0.1) is 0 Å². The normalized spacial score (nSPS) is 32.0. The van der Waals surface area contributed by atoms with Crippen molar-refractivity contribution in [2.45, 2.75) is 57.4 Å². The van der Waals surface area contributed by atoms with Gasteiger partial charge in [0.2, 0.25) is 0 Å². The van der Waals surface area contributed by atoms with Crippen molar-refractivity contribution >= 4 is 5.78 Å². The van der Waals surface area contributed by atoms with Crippen molar-refractivity contribution in [1.82, 2.24) is 9.80 Å². The summed E-state index contributed by atoms with van der Waals surface area (Å²) >= 11 is 0. The quantitative estimate of drug-likeness (QED) is 0.781. The molecule has 0 aromatic heterocycles. The summed E-state index contributed by atoms with van der Waals surface area (Å²) in [6.07, 6.45) is 9.99. The largest absolute Gasteiger partial charge is 0.303 e. The number of carbonyl (C=O) groups excluding carboxylic acids is 1. The number of piperidine rings is 2. The molecule has 3 rings (SSSR count). The lowest BCUT2D eigenvalue weighted by molar-refractivity contribution is -0.121. The highest BCUT2D eigenvalue weighted by molar-refractivity contribution is 5.83. The predicted molar refractivity (Wildman–Crippen MR) is 77.2 cm³/mol. The van der Waals surface area contributed by atoms with Crippen molar-refractivity contribution in [3.05, 3.63) is 0 Å². The molecule has 19 heavy (non-hydrogen) atoms. The Bertz CT molecular complexity index is 304. The highest BCUT2D eigenvalue weighted by Gasteiger charge is 2.30. The smallest absolute Gasteiger partial charge is 0.137 e. The zero-order valence-corrected chi connectivity index (χ0v) is 12.1. The Morgan fingerprint density at radius 3 is 2.26 bits per heavy atom. The van der Waals surface area contributed by atoms with Crippen molar-refractivity contribution in [2.24, 2.45) is 5.92 Å². The van der Waals surface area contributed by atoms with Crippen LogP contribution in [0, 0.1) is 5.92 Å². The molecule has 0 bridgehead atoms. The van der Waals surface area contributed by atoms with Crippen LogP contribution in [0.15, 0.2) is 0 Å². The molecule has 3 nitrogen and oxygen atoms in total. The van der Waals surface area contributed by atoms with Crippen LogP contribution in [0.25, 0.3) is 0 Å². The summed E-state index contributed by atoms with van der Waals surface area (Å²) in [5.41, 5.74) is 0. The number of nitrogens with zero attached hydrogens (tertiary/aromatic N) is 2. The monoisotopic (exact) mass is 264 g/mol. The van der Waals surface area contributed by atoms with Gasteiger partial charge in [0.15, 0.2) is 0 Å². The minimum atomic E-state index is 0.367. The average molecular weight is 264 g/mol. The van der Waals surface area contributed by atoms with E-state index < -0.39 is 0 Å². The summed E-state index contributed by atoms with van der Waals surface area (Å²) in [5.74, 6) is 0.893. The first-order valence-corrected chi connectivity index (χ1v) is 8.32. The summed E-state index contributed by atoms with van der Waals surface area (Å²) in [5, 5.41) is 0. The summed E-state index contributed by atoms with van der Waals surface area (Å²) in [6, 6.07) is 0.829. The second-order valence-electron chi connectivity index (χ2n) is 6.68. The van der Waals surface area contributed by atoms with Crippen molar-refractivity contribution in [3.63, 3.8) is 0 Å². The van der Waals surface area contributed by atoms with E-state index in [4.69, 9.17) is 0 Å². The fourth-order valence-corrected chi connectivity index (χ4v) is 4.14. The summed E-state index contributed by atoms with van der Waals surface area (Å²) in [6.45, 7) is 6.12. The molecular weight excluding hydrogens is 236 g/mol. The Morgan fingerprint density at radius 2 is 1.63 bits per heavy atom. The summed E-state index contributed by atoms with van der Waals surface area (Å²) in [7, 11) is 0. The third-order valence-corrected chi connectivity index (χ3v) is 5.37. The van der Waals surface area contributed by atoms with Crippen LogP contribution >= 0.6 is 0 Å². The third-order valence-electron chi connectivity index (χ3n) is 5.37. The second kappa shape index (κ2) is 6.36. The van der Waals surface area contributed by atoms with E-state index in [0.717, 1.165) is 31.8 Å². The molecule has 3 aliphatic rings. The molecule has 2 heterocycles. The maximum absolute atomic E-state index is 11.7. The zero-order chi connectivity index (χ0) is 13.1. The molecule has 3 fully saturated rings. The van der Waals surface area contributed by atoms with Crippen molar-refractivity contribution in [3.8, 4) is 0 Å². The number of ketones is 1. The Kier molecular flexibility index (Phi) is 4.54. The lowest BCUT2D eigenvalue weighted by Gasteiger charge is -2.40. The van der Waals surface area contributed by atoms with Crippen LogP contribution in [0.1, 0.15) is 51.4 Å². The van der Waals surface area contributed by atoms with E-state index >= 15 is 0 Å². The molecule has 0 radical (unpaired) electrons. The molecule has 0 amide bonds. The van der Waals surface area contributed by atoms with Crippen LogP contribution in [0.3, 0.4) is 0 Å². The van der Waals surface area contributed by atoms with E-state index in [1.54, 1.807) is 0 Å². The third kappa shape index (κ3) is 3.38. The van der Waals surface area contributed by atoms with Crippen LogP contribution in [0.4, 0.5) is 0 Å². The molecule has 1 aliphatic carbocycles.